The molecular formula is C24H24FN5O2. The first-order chi connectivity index (χ1) is 15.3. The van der Waals surface area contributed by atoms with E-state index in [9.17, 15) is 9.18 Å². The molecule has 0 saturated heterocycles. The average Bonchev–Trinajstić information content (AvgIpc) is 3.41. The molecule has 0 aliphatic carbocycles. The Kier molecular flexibility index (Phi) is 5.85. The maximum Gasteiger partial charge on any atom is 0.226 e. The molecular weight excluding hydrogens is 409 g/mol. The van der Waals surface area contributed by atoms with Crippen molar-refractivity contribution in [1.82, 2.24) is 19.7 Å². The highest BCUT2D eigenvalue weighted by molar-refractivity contribution is 5.90. The first-order valence-electron chi connectivity index (χ1n) is 10.3. The number of rotatable bonds is 6. The SMILES string of the molecule is CC(C)(C)c1cc(NC(=O)CCc2ncc(-c3ccc(F)cc3)o2)n(-c2ccccn2)n1. The van der Waals surface area contributed by atoms with Crippen LogP contribution in [0.25, 0.3) is 17.1 Å². The van der Waals surface area contributed by atoms with Gasteiger partial charge in [0.05, 0.1) is 11.9 Å². The Hall–Kier alpha value is -3.81. The molecule has 0 aliphatic heterocycles. The fourth-order valence-corrected chi connectivity index (χ4v) is 3.09. The molecule has 1 amide bonds. The van der Waals surface area contributed by atoms with Crippen LogP contribution in [0.15, 0.2) is 65.3 Å². The van der Waals surface area contributed by atoms with E-state index >= 15 is 0 Å². The molecule has 3 heterocycles. The van der Waals surface area contributed by atoms with E-state index in [0.29, 0.717) is 29.7 Å². The Balaban J connectivity index is 1.45. The summed E-state index contributed by atoms with van der Waals surface area (Å²) in [5.41, 5.74) is 1.38. The molecule has 0 radical (unpaired) electrons. The number of halogens is 1. The predicted molar refractivity (Wildman–Crippen MR) is 119 cm³/mol. The quantitative estimate of drug-likeness (QED) is 0.466. The Labute approximate surface area is 185 Å². The molecule has 7 nitrogen and oxygen atoms in total. The maximum atomic E-state index is 13.1. The van der Waals surface area contributed by atoms with Crippen LogP contribution in [-0.2, 0) is 16.6 Å². The van der Waals surface area contributed by atoms with Crippen molar-refractivity contribution in [3.63, 3.8) is 0 Å². The van der Waals surface area contributed by atoms with Gasteiger partial charge in [0.25, 0.3) is 0 Å². The van der Waals surface area contributed by atoms with Crippen LogP contribution >= 0.6 is 0 Å². The van der Waals surface area contributed by atoms with Crippen molar-refractivity contribution >= 4 is 11.7 Å². The van der Waals surface area contributed by atoms with Crippen molar-refractivity contribution in [3.8, 4) is 17.1 Å². The van der Waals surface area contributed by atoms with E-state index in [0.717, 1.165) is 11.3 Å². The summed E-state index contributed by atoms with van der Waals surface area (Å²) in [5, 5.41) is 7.57. The summed E-state index contributed by atoms with van der Waals surface area (Å²) in [7, 11) is 0. The standard InChI is InChI=1S/C24H24FN5O2/c1-24(2,3)19-14-21(30(29-19)20-6-4-5-13-26-20)28-22(31)11-12-23-27-15-18(32-23)16-7-9-17(25)10-8-16/h4-10,13-15H,11-12H2,1-3H3,(H,28,31). The molecule has 0 unspecified atom stereocenters. The van der Waals surface area contributed by atoms with E-state index in [1.165, 1.54) is 12.1 Å². The topological polar surface area (TPSA) is 85.8 Å². The molecule has 1 aromatic carbocycles. The van der Waals surface area contributed by atoms with Gasteiger partial charge in [-0.25, -0.2) is 14.4 Å². The molecule has 0 spiro atoms. The van der Waals surface area contributed by atoms with Gasteiger partial charge in [-0.1, -0.05) is 26.8 Å². The van der Waals surface area contributed by atoms with Crippen molar-refractivity contribution in [3.05, 3.63) is 78.3 Å². The summed E-state index contributed by atoms with van der Waals surface area (Å²) in [6.07, 6.45) is 3.77. The highest BCUT2D eigenvalue weighted by Gasteiger charge is 2.22. The lowest BCUT2D eigenvalue weighted by molar-refractivity contribution is -0.116. The Morgan fingerprint density at radius 2 is 1.91 bits per heavy atom. The van der Waals surface area contributed by atoms with Crippen LogP contribution < -0.4 is 5.32 Å². The van der Waals surface area contributed by atoms with Crippen molar-refractivity contribution in [2.24, 2.45) is 0 Å². The Morgan fingerprint density at radius 1 is 1.12 bits per heavy atom. The van der Waals surface area contributed by atoms with Crippen LogP contribution in [-0.4, -0.2) is 25.7 Å². The van der Waals surface area contributed by atoms with E-state index in [-0.39, 0.29) is 23.6 Å². The second-order valence-corrected chi connectivity index (χ2v) is 8.44. The highest BCUT2D eigenvalue weighted by atomic mass is 19.1. The summed E-state index contributed by atoms with van der Waals surface area (Å²) >= 11 is 0. The van der Waals surface area contributed by atoms with Gasteiger partial charge >= 0.3 is 0 Å². The number of oxazole rings is 1. The minimum absolute atomic E-state index is 0.182. The van der Waals surface area contributed by atoms with Crippen LogP contribution in [0.5, 0.6) is 0 Å². The number of anilines is 1. The third-order valence-corrected chi connectivity index (χ3v) is 4.86. The fraction of sp³-hybridized carbons (Fsp3) is 0.250. The molecule has 3 aromatic heterocycles. The number of nitrogens with one attached hydrogen (secondary N) is 1. The second kappa shape index (κ2) is 8.74. The van der Waals surface area contributed by atoms with E-state index in [1.807, 2.05) is 24.3 Å². The third-order valence-electron chi connectivity index (χ3n) is 4.86. The molecule has 164 valence electrons. The summed E-state index contributed by atoms with van der Waals surface area (Å²) in [6.45, 7) is 6.18. The smallest absolute Gasteiger partial charge is 0.226 e. The van der Waals surface area contributed by atoms with Crippen LogP contribution in [0.1, 0.15) is 38.8 Å². The Morgan fingerprint density at radius 3 is 2.59 bits per heavy atom. The number of carbonyl (C=O) groups excluding carboxylic acids is 1. The lowest BCUT2D eigenvalue weighted by Crippen LogP contribution is -2.16. The monoisotopic (exact) mass is 433 g/mol. The van der Waals surface area contributed by atoms with Gasteiger partial charge in [-0.3, -0.25) is 4.79 Å². The number of amides is 1. The van der Waals surface area contributed by atoms with Gasteiger partial charge in [0.1, 0.15) is 11.6 Å². The van der Waals surface area contributed by atoms with Crippen LogP contribution in [0.2, 0.25) is 0 Å². The highest BCUT2D eigenvalue weighted by Crippen LogP contribution is 2.26. The van der Waals surface area contributed by atoms with E-state index in [2.05, 4.69) is 41.2 Å². The minimum Gasteiger partial charge on any atom is -0.441 e. The zero-order valence-electron chi connectivity index (χ0n) is 18.2. The number of aromatic nitrogens is 4. The number of carbonyl (C=O) groups is 1. The zero-order chi connectivity index (χ0) is 22.7. The number of benzene rings is 1. The number of hydrogen-bond acceptors (Lipinski definition) is 5. The van der Waals surface area contributed by atoms with Gasteiger partial charge in [-0.15, -0.1) is 0 Å². The maximum absolute atomic E-state index is 13.1. The molecule has 0 saturated carbocycles. The van der Waals surface area contributed by atoms with Crippen LogP contribution in [0.3, 0.4) is 0 Å². The summed E-state index contributed by atoms with van der Waals surface area (Å²) in [6, 6.07) is 13.4. The van der Waals surface area contributed by atoms with Gasteiger partial charge in [-0.2, -0.15) is 9.78 Å². The number of pyridine rings is 1. The van der Waals surface area contributed by atoms with Gasteiger partial charge < -0.3 is 9.73 Å². The first kappa shape index (κ1) is 21.4. The molecule has 1 N–H and O–H groups in total. The van der Waals surface area contributed by atoms with Crippen LogP contribution in [0, 0.1) is 5.82 Å². The van der Waals surface area contributed by atoms with Gasteiger partial charge in [0, 0.05) is 36.1 Å². The lowest BCUT2D eigenvalue weighted by Gasteiger charge is -2.13. The summed E-state index contributed by atoms with van der Waals surface area (Å²) < 4.78 is 20.4. The van der Waals surface area contributed by atoms with Crippen molar-refractivity contribution in [1.29, 1.82) is 0 Å². The summed E-state index contributed by atoms with van der Waals surface area (Å²) in [5.74, 6) is 1.64. The Bertz CT molecular complexity index is 1210. The number of hydrogen-bond donors (Lipinski definition) is 1. The van der Waals surface area contributed by atoms with Crippen molar-refractivity contribution in [2.75, 3.05) is 5.32 Å². The molecule has 4 rings (SSSR count). The van der Waals surface area contributed by atoms with Gasteiger partial charge in [0.2, 0.25) is 5.91 Å². The summed E-state index contributed by atoms with van der Waals surface area (Å²) in [4.78, 5) is 21.2. The molecule has 4 aromatic rings. The van der Waals surface area contributed by atoms with Crippen LogP contribution in [0.4, 0.5) is 10.2 Å². The molecule has 32 heavy (non-hydrogen) atoms. The van der Waals surface area contributed by atoms with Gasteiger partial charge in [0.15, 0.2) is 17.5 Å². The molecule has 0 atom stereocenters. The second-order valence-electron chi connectivity index (χ2n) is 8.44. The van der Waals surface area contributed by atoms with E-state index in [1.54, 1.807) is 29.2 Å². The predicted octanol–water partition coefficient (Wildman–Crippen LogP) is 4.93. The fourth-order valence-electron chi connectivity index (χ4n) is 3.09. The lowest BCUT2D eigenvalue weighted by atomic mass is 9.92. The van der Waals surface area contributed by atoms with Crippen molar-refractivity contribution in [2.45, 2.75) is 39.0 Å². The van der Waals surface area contributed by atoms with E-state index in [4.69, 9.17) is 4.42 Å². The largest absolute Gasteiger partial charge is 0.441 e. The number of nitrogens with zero attached hydrogens (tertiary/aromatic N) is 4. The number of aryl methyl sites for hydroxylation is 1. The van der Waals surface area contributed by atoms with Gasteiger partial charge in [-0.05, 0) is 36.4 Å². The zero-order valence-corrected chi connectivity index (χ0v) is 18.2. The average molecular weight is 433 g/mol. The minimum atomic E-state index is -0.315. The molecule has 0 bridgehead atoms. The third kappa shape index (κ3) is 4.91. The first-order valence-corrected chi connectivity index (χ1v) is 10.3. The van der Waals surface area contributed by atoms with E-state index < -0.39 is 0 Å². The van der Waals surface area contributed by atoms with Crippen molar-refractivity contribution < 1.29 is 13.6 Å². The molecule has 0 aliphatic rings. The molecule has 8 heteroatoms. The normalized spacial score (nSPS) is 11.5. The molecule has 0 fully saturated rings.